The highest BCUT2D eigenvalue weighted by molar-refractivity contribution is 6.04. The predicted molar refractivity (Wildman–Crippen MR) is 54.5 cm³/mol. The van der Waals surface area contributed by atoms with Crippen molar-refractivity contribution in [2.45, 2.75) is 13.1 Å². The van der Waals surface area contributed by atoms with Crippen molar-refractivity contribution in [2.75, 3.05) is 0 Å². The second-order valence-corrected chi connectivity index (χ2v) is 3.48. The molecule has 0 saturated heterocycles. The summed E-state index contributed by atoms with van der Waals surface area (Å²) in [6.45, 7) is 1.25. The molecule has 0 spiro atoms. The summed E-state index contributed by atoms with van der Waals surface area (Å²) in [5, 5.41) is 0.120. The molecule has 6 heteroatoms. The molecule has 88 valence electrons. The fraction of sp³-hybridized carbons (Fsp3) is 0.182. The van der Waals surface area contributed by atoms with Gasteiger partial charge in [0.05, 0.1) is 11.1 Å². The molecule has 0 fully saturated rings. The zero-order chi connectivity index (χ0) is 12.6. The van der Waals surface area contributed by atoms with E-state index >= 15 is 0 Å². The topological polar surface area (TPSA) is 42.9 Å². The zero-order valence-electron chi connectivity index (χ0n) is 8.75. The van der Waals surface area contributed by atoms with Gasteiger partial charge in [0.25, 0.3) is 0 Å². The molecule has 0 aliphatic carbocycles. The van der Waals surface area contributed by atoms with Crippen LogP contribution in [0.3, 0.4) is 0 Å². The van der Waals surface area contributed by atoms with Crippen LogP contribution in [0.15, 0.2) is 24.5 Å². The van der Waals surface area contributed by atoms with Gasteiger partial charge < -0.3 is 0 Å². The monoisotopic (exact) mass is 240 g/mol. The molecule has 0 amide bonds. The van der Waals surface area contributed by atoms with Gasteiger partial charge in [0.2, 0.25) is 0 Å². The standard InChI is InChI=1S/C11H7F3N2O/c1-6(17)9-7-3-2-4-8(11(12,13)14)10(7)16-5-15-9/h2-5H,1H3. The van der Waals surface area contributed by atoms with Gasteiger partial charge in [-0.25, -0.2) is 9.97 Å². The van der Waals surface area contributed by atoms with E-state index in [1.807, 2.05) is 0 Å². The number of Topliss-reactive ketones (excluding diaryl/α,β-unsaturated/α-hetero) is 1. The van der Waals surface area contributed by atoms with E-state index in [1.54, 1.807) is 0 Å². The lowest BCUT2D eigenvalue weighted by molar-refractivity contribution is -0.136. The van der Waals surface area contributed by atoms with E-state index in [2.05, 4.69) is 9.97 Å². The van der Waals surface area contributed by atoms with Gasteiger partial charge in [-0.15, -0.1) is 0 Å². The number of halogens is 3. The lowest BCUT2D eigenvalue weighted by Crippen LogP contribution is -2.08. The highest BCUT2D eigenvalue weighted by Crippen LogP contribution is 2.34. The van der Waals surface area contributed by atoms with Crippen LogP contribution in [-0.4, -0.2) is 15.8 Å². The molecule has 17 heavy (non-hydrogen) atoms. The van der Waals surface area contributed by atoms with Crippen LogP contribution in [-0.2, 0) is 6.18 Å². The fourth-order valence-electron chi connectivity index (χ4n) is 1.60. The molecule has 1 heterocycles. The number of carbonyl (C=O) groups excluding carboxylic acids is 1. The number of benzene rings is 1. The van der Waals surface area contributed by atoms with E-state index < -0.39 is 17.5 Å². The second kappa shape index (κ2) is 3.80. The van der Waals surface area contributed by atoms with Crippen molar-refractivity contribution in [3.63, 3.8) is 0 Å². The van der Waals surface area contributed by atoms with Crippen LogP contribution >= 0.6 is 0 Å². The number of carbonyl (C=O) groups is 1. The van der Waals surface area contributed by atoms with E-state index in [-0.39, 0.29) is 16.6 Å². The van der Waals surface area contributed by atoms with E-state index in [9.17, 15) is 18.0 Å². The van der Waals surface area contributed by atoms with Crippen molar-refractivity contribution < 1.29 is 18.0 Å². The summed E-state index contributed by atoms with van der Waals surface area (Å²) in [7, 11) is 0. The van der Waals surface area contributed by atoms with Gasteiger partial charge in [-0.3, -0.25) is 4.79 Å². The largest absolute Gasteiger partial charge is 0.418 e. The van der Waals surface area contributed by atoms with Crippen LogP contribution in [0.25, 0.3) is 10.9 Å². The molecule has 0 radical (unpaired) electrons. The van der Waals surface area contributed by atoms with Crippen molar-refractivity contribution in [1.29, 1.82) is 0 Å². The van der Waals surface area contributed by atoms with Crippen LogP contribution in [0.1, 0.15) is 23.0 Å². The lowest BCUT2D eigenvalue weighted by Gasteiger charge is -2.10. The van der Waals surface area contributed by atoms with Crippen LogP contribution in [0.4, 0.5) is 13.2 Å². The number of ketones is 1. The lowest BCUT2D eigenvalue weighted by atomic mass is 10.1. The molecule has 0 unspecified atom stereocenters. The molecule has 3 nitrogen and oxygen atoms in total. The van der Waals surface area contributed by atoms with Gasteiger partial charge in [-0.05, 0) is 6.07 Å². The number of hydrogen-bond acceptors (Lipinski definition) is 3. The molecule has 1 aromatic heterocycles. The zero-order valence-corrected chi connectivity index (χ0v) is 8.75. The first-order chi connectivity index (χ1) is 7.91. The maximum atomic E-state index is 12.7. The minimum absolute atomic E-state index is 0.00102. The van der Waals surface area contributed by atoms with E-state index in [4.69, 9.17) is 0 Å². The molecule has 0 atom stereocenters. The minimum Gasteiger partial charge on any atom is -0.293 e. The smallest absolute Gasteiger partial charge is 0.293 e. The Balaban J connectivity index is 2.84. The third kappa shape index (κ3) is 1.98. The maximum absolute atomic E-state index is 12.7. The molecule has 1 aromatic carbocycles. The molecule has 0 bridgehead atoms. The van der Waals surface area contributed by atoms with Gasteiger partial charge in [-0.2, -0.15) is 13.2 Å². The summed E-state index contributed by atoms with van der Waals surface area (Å²) in [5.74, 6) is -0.392. The highest BCUT2D eigenvalue weighted by Gasteiger charge is 2.33. The van der Waals surface area contributed by atoms with Crippen molar-refractivity contribution in [3.8, 4) is 0 Å². The quantitative estimate of drug-likeness (QED) is 0.720. The van der Waals surface area contributed by atoms with Gasteiger partial charge in [0.15, 0.2) is 5.78 Å². The van der Waals surface area contributed by atoms with Gasteiger partial charge >= 0.3 is 6.18 Å². The number of nitrogens with zero attached hydrogens (tertiary/aromatic N) is 2. The van der Waals surface area contributed by atoms with E-state index in [1.165, 1.54) is 19.1 Å². The summed E-state index contributed by atoms with van der Waals surface area (Å²) >= 11 is 0. The first-order valence-corrected chi connectivity index (χ1v) is 4.73. The molecular formula is C11H7F3N2O. The molecule has 2 aromatic rings. The number of para-hydroxylation sites is 1. The number of alkyl halides is 3. The van der Waals surface area contributed by atoms with Crippen molar-refractivity contribution in [2.24, 2.45) is 0 Å². The average Bonchev–Trinajstić information content (AvgIpc) is 2.26. The Labute approximate surface area is 94.3 Å². The number of aromatic nitrogens is 2. The summed E-state index contributed by atoms with van der Waals surface area (Å²) in [5.41, 5.74) is -1.11. The molecular weight excluding hydrogens is 233 g/mol. The number of fused-ring (bicyclic) bond motifs is 1. The highest BCUT2D eigenvalue weighted by atomic mass is 19.4. The normalized spacial score (nSPS) is 11.8. The maximum Gasteiger partial charge on any atom is 0.418 e. The summed E-state index contributed by atoms with van der Waals surface area (Å²) < 4.78 is 38.1. The van der Waals surface area contributed by atoms with Crippen molar-refractivity contribution in [3.05, 3.63) is 35.8 Å². The molecule has 0 aliphatic heterocycles. The third-order valence-electron chi connectivity index (χ3n) is 2.30. The Kier molecular flexibility index (Phi) is 2.57. The summed E-state index contributed by atoms with van der Waals surface area (Å²) in [6.07, 6.45) is -3.53. The molecule has 0 saturated carbocycles. The third-order valence-corrected chi connectivity index (χ3v) is 2.30. The SMILES string of the molecule is CC(=O)c1ncnc2c(C(F)(F)F)cccc12. The number of hydrogen-bond donors (Lipinski definition) is 0. The van der Waals surface area contributed by atoms with Gasteiger partial charge in [-0.1, -0.05) is 12.1 Å². The Morgan fingerprint density at radius 1 is 1.24 bits per heavy atom. The van der Waals surface area contributed by atoms with Crippen molar-refractivity contribution in [1.82, 2.24) is 9.97 Å². The average molecular weight is 240 g/mol. The Hall–Kier alpha value is -1.98. The van der Waals surface area contributed by atoms with Crippen molar-refractivity contribution >= 4 is 16.7 Å². The van der Waals surface area contributed by atoms with Gasteiger partial charge in [0, 0.05) is 12.3 Å². The predicted octanol–water partition coefficient (Wildman–Crippen LogP) is 2.85. The first-order valence-electron chi connectivity index (χ1n) is 4.73. The Bertz CT molecular complexity index is 593. The first kappa shape index (κ1) is 11.5. The molecule has 2 rings (SSSR count). The molecule has 0 aliphatic rings. The second-order valence-electron chi connectivity index (χ2n) is 3.48. The van der Waals surface area contributed by atoms with Crippen LogP contribution in [0.2, 0.25) is 0 Å². The number of rotatable bonds is 1. The fourth-order valence-corrected chi connectivity index (χ4v) is 1.60. The summed E-state index contributed by atoms with van der Waals surface area (Å²) in [4.78, 5) is 18.6. The molecule has 0 N–H and O–H groups in total. The Morgan fingerprint density at radius 3 is 2.53 bits per heavy atom. The Morgan fingerprint density at radius 2 is 1.94 bits per heavy atom. The van der Waals surface area contributed by atoms with Crippen LogP contribution in [0, 0.1) is 0 Å². The van der Waals surface area contributed by atoms with Crippen LogP contribution < -0.4 is 0 Å². The van der Waals surface area contributed by atoms with E-state index in [0.29, 0.717) is 0 Å². The summed E-state index contributed by atoms with van der Waals surface area (Å²) in [6, 6.07) is 3.57. The van der Waals surface area contributed by atoms with E-state index in [0.717, 1.165) is 12.4 Å². The minimum atomic E-state index is -4.50. The van der Waals surface area contributed by atoms with Gasteiger partial charge in [0.1, 0.15) is 12.0 Å². The van der Waals surface area contributed by atoms with Crippen LogP contribution in [0.5, 0.6) is 0 Å².